The molecule has 0 unspecified atom stereocenters. The highest BCUT2D eigenvalue weighted by Crippen LogP contribution is 2.26. The number of aryl methyl sites for hydroxylation is 1. The van der Waals surface area contributed by atoms with E-state index in [0.29, 0.717) is 12.5 Å². The molecule has 0 heterocycles. The number of benzene rings is 1. The molecule has 13 heavy (non-hydrogen) atoms. The van der Waals surface area contributed by atoms with E-state index in [1.54, 1.807) is 7.11 Å². The Kier molecular flexibility index (Phi) is 3.32. The van der Waals surface area contributed by atoms with Gasteiger partial charge < -0.3 is 10.5 Å². The molecular weight excluding hydrogens is 162 g/mol. The van der Waals surface area contributed by atoms with E-state index < -0.39 is 0 Å². The lowest BCUT2D eigenvalue weighted by atomic mass is 9.98. The fraction of sp³-hybridized carbons (Fsp3) is 0.455. The zero-order valence-electron chi connectivity index (χ0n) is 8.50. The van der Waals surface area contributed by atoms with Gasteiger partial charge in [0.05, 0.1) is 7.11 Å². The number of rotatable bonds is 3. The minimum atomic E-state index is 0.356. The van der Waals surface area contributed by atoms with Crippen LogP contribution in [0.3, 0.4) is 0 Å². The molecule has 1 aromatic rings. The molecule has 1 atom stereocenters. The Morgan fingerprint density at radius 3 is 2.69 bits per heavy atom. The van der Waals surface area contributed by atoms with Gasteiger partial charge in [-0.1, -0.05) is 24.6 Å². The minimum absolute atomic E-state index is 0.356. The van der Waals surface area contributed by atoms with Crippen molar-refractivity contribution in [3.63, 3.8) is 0 Å². The smallest absolute Gasteiger partial charge is 0.122 e. The fourth-order valence-corrected chi connectivity index (χ4v) is 1.37. The van der Waals surface area contributed by atoms with E-state index in [1.165, 1.54) is 11.1 Å². The Morgan fingerprint density at radius 1 is 1.46 bits per heavy atom. The molecule has 2 heteroatoms. The SMILES string of the molecule is COc1ccc(C)cc1[C@@H](C)CN. The Labute approximate surface area is 79.7 Å². The van der Waals surface area contributed by atoms with Crippen LogP contribution in [0.2, 0.25) is 0 Å². The molecule has 0 saturated heterocycles. The monoisotopic (exact) mass is 179 g/mol. The van der Waals surface area contributed by atoms with Crippen molar-refractivity contribution >= 4 is 0 Å². The molecule has 0 aliphatic carbocycles. The number of ether oxygens (including phenoxy) is 1. The first-order chi connectivity index (χ1) is 6.19. The molecule has 0 radical (unpaired) electrons. The predicted molar refractivity (Wildman–Crippen MR) is 55.2 cm³/mol. The van der Waals surface area contributed by atoms with Gasteiger partial charge in [0, 0.05) is 0 Å². The summed E-state index contributed by atoms with van der Waals surface area (Å²) in [6.45, 7) is 4.84. The average Bonchev–Trinajstić information content (AvgIpc) is 2.16. The molecule has 0 aliphatic rings. The second-order valence-corrected chi connectivity index (χ2v) is 3.38. The maximum absolute atomic E-state index is 5.62. The van der Waals surface area contributed by atoms with E-state index in [9.17, 15) is 0 Å². The molecule has 0 spiro atoms. The standard InChI is InChI=1S/C11H17NO/c1-8-4-5-11(13-3)10(6-8)9(2)7-12/h4-6,9H,7,12H2,1-3H3/t9-/m0/s1. The number of methoxy groups -OCH3 is 1. The van der Waals surface area contributed by atoms with E-state index in [0.717, 1.165) is 5.75 Å². The van der Waals surface area contributed by atoms with Crippen LogP contribution in [0.25, 0.3) is 0 Å². The molecule has 72 valence electrons. The van der Waals surface area contributed by atoms with E-state index in [2.05, 4.69) is 19.9 Å². The topological polar surface area (TPSA) is 35.2 Å². The third-order valence-electron chi connectivity index (χ3n) is 2.27. The molecular formula is C11H17NO. The Balaban J connectivity index is 3.07. The Bertz CT molecular complexity index is 283. The molecule has 0 bridgehead atoms. The second-order valence-electron chi connectivity index (χ2n) is 3.38. The normalized spacial score (nSPS) is 12.6. The summed E-state index contributed by atoms with van der Waals surface area (Å²) < 4.78 is 5.27. The van der Waals surface area contributed by atoms with E-state index in [1.807, 2.05) is 12.1 Å². The van der Waals surface area contributed by atoms with Crippen molar-refractivity contribution in [3.8, 4) is 5.75 Å². The summed E-state index contributed by atoms with van der Waals surface area (Å²) in [6.07, 6.45) is 0. The van der Waals surface area contributed by atoms with Gasteiger partial charge in [-0.15, -0.1) is 0 Å². The van der Waals surface area contributed by atoms with E-state index in [-0.39, 0.29) is 0 Å². The third-order valence-corrected chi connectivity index (χ3v) is 2.27. The third kappa shape index (κ3) is 2.22. The maximum Gasteiger partial charge on any atom is 0.122 e. The minimum Gasteiger partial charge on any atom is -0.496 e. The predicted octanol–water partition coefficient (Wildman–Crippen LogP) is 2.07. The van der Waals surface area contributed by atoms with Crippen molar-refractivity contribution in [2.24, 2.45) is 5.73 Å². The highest BCUT2D eigenvalue weighted by atomic mass is 16.5. The zero-order chi connectivity index (χ0) is 9.84. The quantitative estimate of drug-likeness (QED) is 0.771. The molecule has 2 nitrogen and oxygen atoms in total. The van der Waals surface area contributed by atoms with Crippen LogP contribution in [0.1, 0.15) is 24.0 Å². The van der Waals surface area contributed by atoms with Gasteiger partial charge in [0.2, 0.25) is 0 Å². The summed E-state index contributed by atoms with van der Waals surface area (Å²) >= 11 is 0. The van der Waals surface area contributed by atoms with Gasteiger partial charge in [-0.25, -0.2) is 0 Å². The second kappa shape index (κ2) is 4.28. The van der Waals surface area contributed by atoms with Gasteiger partial charge in [0.15, 0.2) is 0 Å². The highest BCUT2D eigenvalue weighted by Gasteiger charge is 2.09. The van der Waals surface area contributed by atoms with Gasteiger partial charge in [0.25, 0.3) is 0 Å². The molecule has 0 aromatic heterocycles. The summed E-state index contributed by atoms with van der Waals surface area (Å²) in [5.74, 6) is 1.29. The van der Waals surface area contributed by atoms with Crippen molar-refractivity contribution in [1.82, 2.24) is 0 Å². The van der Waals surface area contributed by atoms with Crippen molar-refractivity contribution in [3.05, 3.63) is 29.3 Å². The molecule has 0 fully saturated rings. The number of hydrogen-bond acceptors (Lipinski definition) is 2. The lowest BCUT2D eigenvalue weighted by molar-refractivity contribution is 0.406. The summed E-state index contributed by atoms with van der Waals surface area (Å²) in [6, 6.07) is 6.18. The molecule has 1 rings (SSSR count). The van der Waals surface area contributed by atoms with Crippen molar-refractivity contribution in [1.29, 1.82) is 0 Å². The van der Waals surface area contributed by atoms with Crippen LogP contribution in [0, 0.1) is 6.92 Å². The Morgan fingerprint density at radius 2 is 2.15 bits per heavy atom. The average molecular weight is 179 g/mol. The van der Waals surface area contributed by atoms with Crippen molar-refractivity contribution < 1.29 is 4.74 Å². The van der Waals surface area contributed by atoms with Crippen molar-refractivity contribution in [2.45, 2.75) is 19.8 Å². The van der Waals surface area contributed by atoms with E-state index in [4.69, 9.17) is 10.5 Å². The zero-order valence-corrected chi connectivity index (χ0v) is 8.50. The lowest BCUT2D eigenvalue weighted by Gasteiger charge is -2.14. The van der Waals surface area contributed by atoms with Crippen LogP contribution < -0.4 is 10.5 Å². The largest absolute Gasteiger partial charge is 0.496 e. The first kappa shape index (κ1) is 10.1. The highest BCUT2D eigenvalue weighted by molar-refractivity contribution is 5.39. The fourth-order valence-electron chi connectivity index (χ4n) is 1.37. The molecule has 0 amide bonds. The van der Waals surface area contributed by atoms with Gasteiger partial charge in [-0.05, 0) is 31.0 Å². The van der Waals surface area contributed by atoms with Crippen LogP contribution in [-0.2, 0) is 0 Å². The number of nitrogens with two attached hydrogens (primary N) is 1. The summed E-state index contributed by atoms with van der Waals surface area (Å²) in [7, 11) is 1.69. The Hall–Kier alpha value is -1.02. The van der Waals surface area contributed by atoms with Gasteiger partial charge >= 0.3 is 0 Å². The number of hydrogen-bond donors (Lipinski definition) is 1. The van der Waals surface area contributed by atoms with Gasteiger partial charge in [-0.2, -0.15) is 0 Å². The van der Waals surface area contributed by atoms with Gasteiger partial charge in [0.1, 0.15) is 5.75 Å². The van der Waals surface area contributed by atoms with Crippen LogP contribution >= 0.6 is 0 Å². The first-order valence-electron chi connectivity index (χ1n) is 4.53. The van der Waals surface area contributed by atoms with Crippen LogP contribution in [0.4, 0.5) is 0 Å². The van der Waals surface area contributed by atoms with E-state index >= 15 is 0 Å². The molecule has 0 saturated carbocycles. The summed E-state index contributed by atoms with van der Waals surface area (Å²) in [5, 5.41) is 0. The summed E-state index contributed by atoms with van der Waals surface area (Å²) in [5.41, 5.74) is 8.07. The maximum atomic E-state index is 5.62. The van der Waals surface area contributed by atoms with Crippen molar-refractivity contribution in [2.75, 3.05) is 13.7 Å². The van der Waals surface area contributed by atoms with Crippen LogP contribution in [0.5, 0.6) is 5.75 Å². The molecule has 0 aliphatic heterocycles. The lowest BCUT2D eigenvalue weighted by Crippen LogP contribution is -2.10. The van der Waals surface area contributed by atoms with Crippen LogP contribution in [0.15, 0.2) is 18.2 Å². The van der Waals surface area contributed by atoms with Crippen LogP contribution in [-0.4, -0.2) is 13.7 Å². The molecule has 1 aromatic carbocycles. The summed E-state index contributed by atoms with van der Waals surface area (Å²) in [4.78, 5) is 0. The first-order valence-corrected chi connectivity index (χ1v) is 4.53. The van der Waals surface area contributed by atoms with Gasteiger partial charge in [-0.3, -0.25) is 0 Å². The molecule has 2 N–H and O–H groups in total.